The van der Waals surface area contributed by atoms with Crippen molar-refractivity contribution in [3.05, 3.63) is 23.8 Å². The number of piperazine rings is 1. The van der Waals surface area contributed by atoms with Crippen LogP contribution in [0.4, 0.5) is 0 Å². The lowest BCUT2D eigenvalue weighted by Gasteiger charge is -2.35. The molecule has 120 valence electrons. The molecular formula is C15H24Cl2N2O2. The zero-order chi connectivity index (χ0) is 13.2. The second-order valence-corrected chi connectivity index (χ2v) is 5.72. The van der Waals surface area contributed by atoms with Crippen LogP contribution in [-0.2, 0) is 0 Å². The van der Waals surface area contributed by atoms with Crippen LogP contribution in [0.5, 0.6) is 11.5 Å². The number of hydrogen-bond donors (Lipinski definition) is 3. The Morgan fingerprint density at radius 1 is 1.14 bits per heavy atom. The molecule has 0 amide bonds. The minimum atomic E-state index is 0. The van der Waals surface area contributed by atoms with Crippen molar-refractivity contribution < 1.29 is 10.2 Å². The third-order valence-electron chi connectivity index (χ3n) is 4.22. The van der Waals surface area contributed by atoms with Crippen LogP contribution in [-0.4, -0.2) is 41.3 Å². The SMILES string of the molecule is Cl.Cl.Oc1ccc(O)c([C@H](CC2CC2)N2CCNCC2)c1. The number of hydrogen-bond acceptors (Lipinski definition) is 4. The molecule has 2 fully saturated rings. The van der Waals surface area contributed by atoms with Crippen LogP contribution >= 0.6 is 24.8 Å². The van der Waals surface area contributed by atoms with E-state index in [4.69, 9.17) is 0 Å². The molecule has 0 unspecified atom stereocenters. The van der Waals surface area contributed by atoms with E-state index >= 15 is 0 Å². The standard InChI is InChI=1S/C15H22N2O2.2ClH/c18-12-3-4-15(19)13(10-12)14(9-11-1-2-11)17-7-5-16-6-8-17;;/h3-4,10-11,14,16,18-19H,1-2,5-9H2;2*1H/t14-;;/m0../s1. The summed E-state index contributed by atoms with van der Waals surface area (Å²) in [6.45, 7) is 4.01. The van der Waals surface area contributed by atoms with Crippen LogP contribution in [0, 0.1) is 5.92 Å². The van der Waals surface area contributed by atoms with Crippen LogP contribution in [0.2, 0.25) is 0 Å². The van der Waals surface area contributed by atoms with Crippen LogP contribution in [0.25, 0.3) is 0 Å². The van der Waals surface area contributed by atoms with Crippen LogP contribution in [0.1, 0.15) is 30.9 Å². The first-order valence-electron chi connectivity index (χ1n) is 7.20. The molecule has 0 spiro atoms. The lowest BCUT2D eigenvalue weighted by Crippen LogP contribution is -2.45. The van der Waals surface area contributed by atoms with Crippen molar-refractivity contribution in [3.8, 4) is 11.5 Å². The molecule has 0 bridgehead atoms. The van der Waals surface area contributed by atoms with Crippen molar-refractivity contribution in [1.29, 1.82) is 0 Å². The van der Waals surface area contributed by atoms with Gasteiger partial charge in [0.05, 0.1) is 0 Å². The predicted octanol–water partition coefficient (Wildman–Crippen LogP) is 2.69. The molecule has 1 aliphatic carbocycles. The fourth-order valence-electron chi connectivity index (χ4n) is 2.94. The van der Waals surface area contributed by atoms with Crippen molar-refractivity contribution in [2.75, 3.05) is 26.2 Å². The molecule has 4 nitrogen and oxygen atoms in total. The van der Waals surface area contributed by atoms with E-state index in [2.05, 4.69) is 10.2 Å². The lowest BCUT2D eigenvalue weighted by atomic mass is 9.97. The zero-order valence-corrected chi connectivity index (χ0v) is 13.6. The number of nitrogens with one attached hydrogen (secondary N) is 1. The minimum absolute atomic E-state index is 0. The molecule has 6 heteroatoms. The summed E-state index contributed by atoms with van der Waals surface area (Å²) in [4.78, 5) is 2.43. The minimum Gasteiger partial charge on any atom is -0.508 e. The average molecular weight is 335 g/mol. The number of rotatable bonds is 4. The van der Waals surface area contributed by atoms with Gasteiger partial charge in [0, 0.05) is 37.8 Å². The number of phenolic OH excluding ortho intramolecular Hbond substituents is 2. The highest BCUT2D eigenvalue weighted by atomic mass is 35.5. The van der Waals surface area contributed by atoms with E-state index < -0.39 is 0 Å². The first kappa shape index (κ1) is 18.4. The summed E-state index contributed by atoms with van der Waals surface area (Å²) in [5.41, 5.74) is 0.883. The maximum atomic E-state index is 10.1. The van der Waals surface area contributed by atoms with Crippen molar-refractivity contribution in [1.82, 2.24) is 10.2 Å². The van der Waals surface area contributed by atoms with Gasteiger partial charge < -0.3 is 15.5 Å². The lowest BCUT2D eigenvalue weighted by molar-refractivity contribution is 0.158. The van der Waals surface area contributed by atoms with Gasteiger partial charge in [0.25, 0.3) is 0 Å². The van der Waals surface area contributed by atoms with Gasteiger partial charge >= 0.3 is 0 Å². The Morgan fingerprint density at radius 2 is 1.81 bits per heavy atom. The average Bonchev–Trinajstić information content (AvgIpc) is 3.24. The molecule has 2 aliphatic rings. The Hall–Kier alpha value is -0.680. The number of nitrogens with zero attached hydrogens (tertiary/aromatic N) is 1. The summed E-state index contributed by atoms with van der Waals surface area (Å²) in [7, 11) is 0. The van der Waals surface area contributed by atoms with Crippen LogP contribution in [0.3, 0.4) is 0 Å². The molecule has 1 saturated heterocycles. The third-order valence-corrected chi connectivity index (χ3v) is 4.22. The van der Waals surface area contributed by atoms with E-state index in [0.29, 0.717) is 5.75 Å². The largest absolute Gasteiger partial charge is 0.508 e. The van der Waals surface area contributed by atoms with E-state index in [-0.39, 0.29) is 36.6 Å². The van der Waals surface area contributed by atoms with Gasteiger partial charge in [-0.2, -0.15) is 0 Å². The molecule has 0 aromatic heterocycles. The quantitative estimate of drug-likeness (QED) is 0.741. The van der Waals surface area contributed by atoms with Crippen molar-refractivity contribution in [2.24, 2.45) is 5.92 Å². The summed E-state index contributed by atoms with van der Waals surface area (Å²) in [6.07, 6.45) is 3.71. The maximum absolute atomic E-state index is 10.1. The molecule has 1 saturated carbocycles. The number of halogens is 2. The van der Waals surface area contributed by atoms with E-state index in [9.17, 15) is 10.2 Å². The van der Waals surface area contributed by atoms with Gasteiger partial charge in [0.15, 0.2) is 0 Å². The smallest absolute Gasteiger partial charge is 0.120 e. The maximum Gasteiger partial charge on any atom is 0.120 e. The molecule has 21 heavy (non-hydrogen) atoms. The highest BCUT2D eigenvalue weighted by Gasteiger charge is 2.31. The first-order valence-corrected chi connectivity index (χ1v) is 7.20. The van der Waals surface area contributed by atoms with Gasteiger partial charge in [-0.15, -0.1) is 24.8 Å². The third kappa shape index (κ3) is 4.65. The number of phenols is 2. The number of benzene rings is 1. The van der Waals surface area contributed by atoms with Crippen molar-refractivity contribution in [3.63, 3.8) is 0 Å². The molecule has 0 radical (unpaired) electrons. The summed E-state index contributed by atoms with van der Waals surface area (Å²) in [5.74, 6) is 1.34. The summed E-state index contributed by atoms with van der Waals surface area (Å²) < 4.78 is 0. The highest BCUT2D eigenvalue weighted by molar-refractivity contribution is 5.85. The van der Waals surface area contributed by atoms with Gasteiger partial charge in [-0.05, 0) is 30.5 Å². The first-order chi connectivity index (χ1) is 9.24. The van der Waals surface area contributed by atoms with Crippen molar-refractivity contribution in [2.45, 2.75) is 25.3 Å². The fourth-order valence-corrected chi connectivity index (χ4v) is 2.94. The Kier molecular flexibility index (Phi) is 7.07. The normalized spacial score (nSPS) is 20.2. The highest BCUT2D eigenvalue weighted by Crippen LogP contribution is 2.42. The van der Waals surface area contributed by atoms with Gasteiger partial charge in [-0.25, -0.2) is 0 Å². The van der Waals surface area contributed by atoms with E-state index in [1.54, 1.807) is 18.2 Å². The van der Waals surface area contributed by atoms with Gasteiger partial charge in [0.2, 0.25) is 0 Å². The number of aromatic hydroxyl groups is 2. The Balaban J connectivity index is 0.00000110. The van der Waals surface area contributed by atoms with Gasteiger partial charge in [-0.1, -0.05) is 12.8 Å². The second kappa shape index (κ2) is 8.08. The molecule has 1 heterocycles. The Morgan fingerprint density at radius 3 is 2.43 bits per heavy atom. The van der Waals surface area contributed by atoms with Gasteiger partial charge in [-0.3, -0.25) is 4.90 Å². The predicted molar refractivity (Wildman–Crippen MR) is 88.8 cm³/mol. The zero-order valence-electron chi connectivity index (χ0n) is 12.0. The Labute approximate surface area is 138 Å². The molecule has 3 N–H and O–H groups in total. The molecular weight excluding hydrogens is 311 g/mol. The molecule has 1 atom stereocenters. The Bertz CT molecular complexity index is 449. The summed E-state index contributed by atoms with van der Waals surface area (Å²) in [6, 6.07) is 5.11. The summed E-state index contributed by atoms with van der Waals surface area (Å²) in [5, 5.41) is 23.2. The van der Waals surface area contributed by atoms with Crippen LogP contribution < -0.4 is 5.32 Å². The molecule has 3 rings (SSSR count). The molecule has 1 aliphatic heterocycles. The fraction of sp³-hybridized carbons (Fsp3) is 0.600. The van der Waals surface area contributed by atoms with Crippen LogP contribution in [0.15, 0.2) is 18.2 Å². The van der Waals surface area contributed by atoms with E-state index in [1.807, 2.05) is 0 Å². The molecule has 1 aromatic carbocycles. The van der Waals surface area contributed by atoms with E-state index in [1.165, 1.54) is 12.8 Å². The van der Waals surface area contributed by atoms with Crippen molar-refractivity contribution >= 4 is 24.8 Å². The summed E-state index contributed by atoms with van der Waals surface area (Å²) >= 11 is 0. The molecule has 1 aromatic rings. The van der Waals surface area contributed by atoms with E-state index in [0.717, 1.165) is 44.1 Å². The topological polar surface area (TPSA) is 55.7 Å². The van der Waals surface area contributed by atoms with Gasteiger partial charge in [0.1, 0.15) is 11.5 Å². The monoisotopic (exact) mass is 334 g/mol. The second-order valence-electron chi connectivity index (χ2n) is 5.72.